The Morgan fingerprint density at radius 2 is 2.07 bits per heavy atom. The molecule has 0 saturated heterocycles. The SMILES string of the molecule is CCC(Cc1ccccc1)O[P+](=S)S. The summed E-state index contributed by atoms with van der Waals surface area (Å²) in [5.74, 6) is 0. The van der Waals surface area contributed by atoms with Crippen molar-refractivity contribution < 1.29 is 4.52 Å². The van der Waals surface area contributed by atoms with Crippen molar-refractivity contribution >= 4 is 30.2 Å². The lowest BCUT2D eigenvalue weighted by atomic mass is 10.1. The van der Waals surface area contributed by atoms with Gasteiger partial charge in [-0.1, -0.05) is 37.3 Å². The van der Waals surface area contributed by atoms with E-state index in [4.69, 9.17) is 16.3 Å². The molecule has 14 heavy (non-hydrogen) atoms. The van der Waals surface area contributed by atoms with Crippen molar-refractivity contribution in [3.8, 4) is 0 Å². The first kappa shape index (κ1) is 12.1. The highest BCUT2D eigenvalue weighted by atomic mass is 32.9. The van der Waals surface area contributed by atoms with Crippen LogP contribution in [0.25, 0.3) is 0 Å². The number of rotatable bonds is 5. The minimum atomic E-state index is -0.964. The summed E-state index contributed by atoms with van der Waals surface area (Å²) in [6, 6.07) is 10.3. The molecule has 1 aromatic carbocycles. The Kier molecular flexibility index (Phi) is 5.64. The molecular formula is C10H14OPS2+. The largest absolute Gasteiger partial charge is 0.411 e. The average molecular weight is 245 g/mol. The smallest absolute Gasteiger partial charge is 0.155 e. The molecule has 0 aliphatic heterocycles. The van der Waals surface area contributed by atoms with Crippen molar-refractivity contribution in [3.05, 3.63) is 35.9 Å². The van der Waals surface area contributed by atoms with Crippen molar-refractivity contribution in [1.82, 2.24) is 0 Å². The molecule has 4 heteroatoms. The molecule has 0 heterocycles. The summed E-state index contributed by atoms with van der Waals surface area (Å²) in [7, 11) is 0. The minimum absolute atomic E-state index is 0.207. The van der Waals surface area contributed by atoms with Gasteiger partial charge in [0.15, 0.2) is 0 Å². The van der Waals surface area contributed by atoms with Gasteiger partial charge in [-0.2, -0.15) is 4.52 Å². The Morgan fingerprint density at radius 3 is 2.57 bits per heavy atom. The Hall–Kier alpha value is 0.0500. The first-order valence-electron chi connectivity index (χ1n) is 4.59. The molecule has 0 aliphatic rings. The van der Waals surface area contributed by atoms with E-state index < -0.39 is 6.13 Å². The standard InChI is InChI=1S/C10H13OPS2/c1-2-10(11-12(13)14)8-9-6-4-3-5-7-9/h3-7,10H,2,8H2,1H3/p+1. The summed E-state index contributed by atoms with van der Waals surface area (Å²) >= 11 is 9.06. The summed E-state index contributed by atoms with van der Waals surface area (Å²) in [5, 5.41) is 0. The molecule has 0 N–H and O–H groups in total. The van der Waals surface area contributed by atoms with Crippen molar-refractivity contribution in [2.75, 3.05) is 0 Å². The first-order valence-corrected chi connectivity index (χ1v) is 8.01. The van der Waals surface area contributed by atoms with E-state index in [2.05, 4.69) is 31.3 Å². The summed E-state index contributed by atoms with van der Waals surface area (Å²) in [4.78, 5) is 0. The normalized spacial score (nSPS) is 13.7. The maximum Gasteiger partial charge on any atom is 0.411 e. The Labute approximate surface area is 96.5 Å². The molecule has 0 spiro atoms. The van der Waals surface area contributed by atoms with Crippen LogP contribution in [0.2, 0.25) is 0 Å². The Bertz CT molecular complexity index is 289. The monoisotopic (exact) mass is 245 g/mol. The first-order chi connectivity index (χ1) is 6.72. The van der Waals surface area contributed by atoms with Gasteiger partial charge in [0.05, 0.1) is 0 Å². The highest BCUT2D eigenvalue weighted by molar-refractivity contribution is 8.54. The number of hydrogen-bond donors (Lipinski definition) is 1. The average Bonchev–Trinajstić information content (AvgIpc) is 2.17. The van der Waals surface area contributed by atoms with E-state index in [1.165, 1.54) is 5.56 Å². The van der Waals surface area contributed by atoms with Gasteiger partial charge in [-0.3, -0.25) is 0 Å². The van der Waals surface area contributed by atoms with Crippen molar-refractivity contribution in [2.24, 2.45) is 0 Å². The second-order valence-corrected chi connectivity index (χ2v) is 6.65. The van der Waals surface area contributed by atoms with Crippen LogP contribution in [-0.4, -0.2) is 6.10 Å². The van der Waals surface area contributed by atoms with Gasteiger partial charge in [0.25, 0.3) is 0 Å². The van der Waals surface area contributed by atoms with Crippen LogP contribution < -0.4 is 0 Å². The van der Waals surface area contributed by atoms with Crippen LogP contribution in [0.3, 0.4) is 0 Å². The molecular weight excluding hydrogens is 231 g/mol. The number of thiol groups is 1. The highest BCUT2D eigenvalue weighted by Crippen LogP contribution is 2.31. The van der Waals surface area contributed by atoms with E-state index in [9.17, 15) is 0 Å². The quantitative estimate of drug-likeness (QED) is 0.625. The lowest BCUT2D eigenvalue weighted by molar-refractivity contribution is 0.232. The number of benzene rings is 1. The summed E-state index contributed by atoms with van der Waals surface area (Å²) < 4.78 is 5.55. The third-order valence-corrected chi connectivity index (χ3v) is 3.02. The molecule has 2 unspecified atom stereocenters. The van der Waals surface area contributed by atoms with Crippen LogP contribution in [0.15, 0.2) is 30.3 Å². The van der Waals surface area contributed by atoms with Gasteiger partial charge >= 0.3 is 6.13 Å². The van der Waals surface area contributed by atoms with Gasteiger partial charge in [-0.25, -0.2) is 0 Å². The molecule has 0 saturated carbocycles. The van der Waals surface area contributed by atoms with Crippen LogP contribution >= 0.6 is 18.4 Å². The van der Waals surface area contributed by atoms with Crippen LogP contribution in [0.5, 0.6) is 0 Å². The molecule has 0 amide bonds. The van der Waals surface area contributed by atoms with E-state index in [1.807, 2.05) is 18.2 Å². The Morgan fingerprint density at radius 1 is 1.43 bits per heavy atom. The van der Waals surface area contributed by atoms with Gasteiger partial charge in [-0.05, 0) is 12.0 Å². The second kappa shape index (κ2) is 6.52. The van der Waals surface area contributed by atoms with Crippen molar-refractivity contribution in [2.45, 2.75) is 25.9 Å². The Balaban J connectivity index is 2.53. The lowest BCUT2D eigenvalue weighted by Crippen LogP contribution is -2.10. The molecule has 0 aromatic heterocycles. The van der Waals surface area contributed by atoms with Crippen LogP contribution in [0, 0.1) is 0 Å². The minimum Gasteiger partial charge on any atom is -0.155 e. The maximum absolute atomic E-state index is 5.55. The van der Waals surface area contributed by atoms with Gasteiger partial charge in [0.1, 0.15) is 18.4 Å². The zero-order chi connectivity index (χ0) is 10.4. The zero-order valence-electron chi connectivity index (χ0n) is 8.09. The van der Waals surface area contributed by atoms with Crippen LogP contribution in [0.4, 0.5) is 0 Å². The molecule has 0 bridgehead atoms. The van der Waals surface area contributed by atoms with Gasteiger partial charge < -0.3 is 0 Å². The van der Waals surface area contributed by atoms with E-state index in [0.29, 0.717) is 0 Å². The summed E-state index contributed by atoms with van der Waals surface area (Å²) in [5.41, 5.74) is 1.29. The topological polar surface area (TPSA) is 9.23 Å². The van der Waals surface area contributed by atoms with Gasteiger partial charge in [0.2, 0.25) is 11.8 Å². The molecule has 76 valence electrons. The van der Waals surface area contributed by atoms with Gasteiger partial charge in [-0.15, -0.1) is 0 Å². The third-order valence-electron chi connectivity index (χ3n) is 2.00. The zero-order valence-corrected chi connectivity index (χ0v) is 10.7. The number of hydrogen-bond acceptors (Lipinski definition) is 2. The third kappa shape index (κ3) is 4.52. The molecule has 2 atom stereocenters. The molecule has 1 rings (SSSR count). The summed E-state index contributed by atoms with van der Waals surface area (Å²) in [6.45, 7) is 2.11. The molecule has 1 nitrogen and oxygen atoms in total. The molecule has 0 fully saturated rings. The predicted octanol–water partition coefficient (Wildman–Crippen LogP) is 3.73. The molecule has 0 aliphatic carbocycles. The van der Waals surface area contributed by atoms with Crippen molar-refractivity contribution in [1.29, 1.82) is 0 Å². The van der Waals surface area contributed by atoms with Crippen LogP contribution in [-0.2, 0) is 22.8 Å². The van der Waals surface area contributed by atoms with E-state index in [-0.39, 0.29) is 6.10 Å². The molecule has 0 radical (unpaired) electrons. The van der Waals surface area contributed by atoms with Crippen LogP contribution in [0.1, 0.15) is 18.9 Å². The predicted molar refractivity (Wildman–Crippen MR) is 68.6 cm³/mol. The van der Waals surface area contributed by atoms with Gasteiger partial charge in [0, 0.05) is 6.42 Å². The second-order valence-electron chi connectivity index (χ2n) is 3.06. The van der Waals surface area contributed by atoms with Crippen molar-refractivity contribution in [3.63, 3.8) is 0 Å². The van der Waals surface area contributed by atoms with E-state index in [1.54, 1.807) is 0 Å². The fourth-order valence-corrected chi connectivity index (χ4v) is 2.50. The highest BCUT2D eigenvalue weighted by Gasteiger charge is 2.16. The maximum atomic E-state index is 5.55. The summed E-state index contributed by atoms with van der Waals surface area (Å²) in [6.07, 6.45) is 1.14. The fourth-order valence-electron chi connectivity index (χ4n) is 1.26. The van der Waals surface area contributed by atoms with E-state index in [0.717, 1.165) is 12.8 Å². The molecule has 1 aromatic rings. The lowest BCUT2D eigenvalue weighted by Gasteiger charge is -2.08. The van der Waals surface area contributed by atoms with E-state index >= 15 is 0 Å². The fraction of sp³-hybridized carbons (Fsp3) is 0.400.